The van der Waals surface area contributed by atoms with E-state index in [2.05, 4.69) is 75.9 Å². The third-order valence-corrected chi connectivity index (χ3v) is 8.62. The summed E-state index contributed by atoms with van der Waals surface area (Å²) < 4.78 is 1.89. The average molecular weight is 516 g/mol. The molecule has 0 bridgehead atoms. The Morgan fingerprint density at radius 2 is 1.65 bits per heavy atom. The number of hydrogen-bond donors (Lipinski definition) is 0. The van der Waals surface area contributed by atoms with Crippen molar-refractivity contribution in [3.05, 3.63) is 65.2 Å². The molecule has 7 heteroatoms. The molecule has 37 heavy (non-hydrogen) atoms. The van der Waals surface area contributed by atoms with Gasteiger partial charge in [-0.05, 0) is 58.9 Å². The maximum Gasteiger partial charge on any atom is 0.242 e. The predicted molar refractivity (Wildman–Crippen MR) is 151 cm³/mol. The van der Waals surface area contributed by atoms with Gasteiger partial charge in [-0.2, -0.15) is 0 Å². The van der Waals surface area contributed by atoms with Gasteiger partial charge in [0.2, 0.25) is 5.91 Å². The highest BCUT2D eigenvalue weighted by Crippen LogP contribution is 2.38. The summed E-state index contributed by atoms with van der Waals surface area (Å²) in [7, 11) is 0. The highest BCUT2D eigenvalue weighted by atomic mass is 32.1. The van der Waals surface area contributed by atoms with Crippen molar-refractivity contribution >= 4 is 28.3 Å². The van der Waals surface area contributed by atoms with E-state index in [0.29, 0.717) is 12.5 Å². The molecule has 5 rings (SSSR count). The smallest absolute Gasteiger partial charge is 0.242 e. The van der Waals surface area contributed by atoms with Crippen molar-refractivity contribution in [3.8, 4) is 10.6 Å². The number of piperidine rings is 1. The van der Waals surface area contributed by atoms with Gasteiger partial charge in [0.25, 0.3) is 0 Å². The van der Waals surface area contributed by atoms with Gasteiger partial charge in [-0.3, -0.25) is 9.78 Å². The van der Waals surface area contributed by atoms with Gasteiger partial charge >= 0.3 is 0 Å². The van der Waals surface area contributed by atoms with Crippen LogP contribution in [0.25, 0.3) is 21.6 Å². The largest absolute Gasteiger partial charge is 0.341 e. The van der Waals surface area contributed by atoms with Gasteiger partial charge in [0.15, 0.2) is 0 Å². The first kappa shape index (κ1) is 25.6. The lowest BCUT2D eigenvalue weighted by atomic mass is 9.79. The Kier molecular flexibility index (Phi) is 6.69. The SMILES string of the molecule is CC(C)(C)c1cc(-c2ncc(C3CCN(C(=O)Cn4cnc5ccncc54)CC3)s2)cc(C(C)(C)C)c1. The summed E-state index contributed by atoms with van der Waals surface area (Å²) in [6.07, 6.45) is 9.22. The quantitative estimate of drug-likeness (QED) is 0.309. The second kappa shape index (κ2) is 9.67. The van der Waals surface area contributed by atoms with E-state index in [0.717, 1.165) is 42.0 Å². The first-order valence-corrected chi connectivity index (χ1v) is 14.0. The van der Waals surface area contributed by atoms with Crippen LogP contribution < -0.4 is 0 Å². The molecule has 1 amide bonds. The third kappa shape index (κ3) is 5.47. The molecule has 4 aromatic rings. The van der Waals surface area contributed by atoms with Crippen molar-refractivity contribution in [2.45, 2.75) is 77.7 Å². The van der Waals surface area contributed by atoms with Crippen molar-refractivity contribution in [1.29, 1.82) is 0 Å². The summed E-state index contributed by atoms with van der Waals surface area (Å²) in [4.78, 5) is 29.7. The maximum atomic E-state index is 13.0. The molecule has 0 aliphatic carbocycles. The van der Waals surface area contributed by atoms with Gasteiger partial charge in [-0.1, -0.05) is 47.6 Å². The lowest BCUT2D eigenvalue weighted by Crippen LogP contribution is -2.39. The number of benzene rings is 1. The van der Waals surface area contributed by atoms with Gasteiger partial charge in [0.05, 0.1) is 23.6 Å². The number of carbonyl (C=O) groups is 1. The molecule has 0 radical (unpaired) electrons. The second-order valence-electron chi connectivity index (χ2n) is 12.3. The van der Waals surface area contributed by atoms with Crippen LogP contribution in [0.1, 0.15) is 76.3 Å². The van der Waals surface area contributed by atoms with Gasteiger partial charge in [-0.15, -0.1) is 11.3 Å². The van der Waals surface area contributed by atoms with E-state index in [9.17, 15) is 4.79 Å². The molecule has 0 spiro atoms. The number of pyridine rings is 1. The fraction of sp³-hybridized carbons (Fsp3) is 0.467. The number of fused-ring (bicyclic) bond motifs is 1. The topological polar surface area (TPSA) is 63.9 Å². The number of carbonyl (C=O) groups excluding carboxylic acids is 1. The fourth-order valence-corrected chi connectivity index (χ4v) is 5.99. The predicted octanol–water partition coefficient (Wildman–Crippen LogP) is 6.56. The molecule has 1 saturated heterocycles. The van der Waals surface area contributed by atoms with Crippen LogP contribution in [0.15, 0.2) is 49.2 Å². The Balaban J connectivity index is 1.27. The standard InChI is InChI=1S/C30H37N5OS/c1-29(2,3)22-13-21(14-23(15-22)30(4,5)6)28-32-17-26(37-28)20-8-11-34(12-9-20)27(36)18-35-19-33-24-7-10-31-16-25(24)35/h7,10,13-17,19-20H,8-9,11-12,18H2,1-6H3. The minimum atomic E-state index is 0.0784. The van der Waals surface area contributed by atoms with Crippen LogP contribution in [0.2, 0.25) is 0 Å². The molecular formula is C30H37N5OS. The normalized spacial score (nSPS) is 15.5. The number of thiazole rings is 1. The minimum absolute atomic E-state index is 0.0784. The second-order valence-corrected chi connectivity index (χ2v) is 13.3. The lowest BCUT2D eigenvalue weighted by molar-refractivity contribution is -0.132. The molecule has 0 saturated carbocycles. The van der Waals surface area contributed by atoms with E-state index >= 15 is 0 Å². The highest BCUT2D eigenvalue weighted by molar-refractivity contribution is 7.15. The summed E-state index contributed by atoms with van der Waals surface area (Å²) in [6, 6.07) is 8.85. The molecular weight excluding hydrogens is 478 g/mol. The number of imidazole rings is 1. The van der Waals surface area contributed by atoms with Gasteiger partial charge in [0, 0.05) is 35.9 Å². The van der Waals surface area contributed by atoms with Crippen LogP contribution in [-0.4, -0.2) is 43.4 Å². The van der Waals surface area contributed by atoms with Crippen LogP contribution >= 0.6 is 11.3 Å². The molecule has 4 heterocycles. The number of amides is 1. The summed E-state index contributed by atoms with van der Waals surface area (Å²) in [6.45, 7) is 15.5. The zero-order valence-electron chi connectivity index (χ0n) is 22.8. The van der Waals surface area contributed by atoms with Gasteiger partial charge in [0.1, 0.15) is 11.6 Å². The van der Waals surface area contributed by atoms with E-state index in [1.807, 2.05) is 26.9 Å². The number of nitrogens with zero attached hydrogens (tertiary/aromatic N) is 5. The van der Waals surface area contributed by atoms with E-state index in [1.165, 1.54) is 21.6 Å². The summed E-state index contributed by atoms with van der Waals surface area (Å²) in [5, 5.41) is 1.09. The minimum Gasteiger partial charge on any atom is -0.341 e. The molecule has 1 aliphatic heterocycles. The zero-order valence-corrected chi connectivity index (χ0v) is 23.6. The zero-order chi connectivity index (χ0) is 26.4. The van der Waals surface area contributed by atoms with Crippen LogP contribution in [0.3, 0.4) is 0 Å². The van der Waals surface area contributed by atoms with Crippen molar-refractivity contribution in [1.82, 2.24) is 24.4 Å². The molecule has 1 aliphatic rings. The highest BCUT2D eigenvalue weighted by Gasteiger charge is 2.27. The van der Waals surface area contributed by atoms with E-state index in [-0.39, 0.29) is 16.7 Å². The average Bonchev–Trinajstić information content (AvgIpc) is 3.51. The van der Waals surface area contributed by atoms with Crippen molar-refractivity contribution in [2.24, 2.45) is 0 Å². The number of hydrogen-bond acceptors (Lipinski definition) is 5. The van der Waals surface area contributed by atoms with Crippen LogP contribution in [-0.2, 0) is 22.2 Å². The molecule has 0 N–H and O–H groups in total. The van der Waals surface area contributed by atoms with Crippen molar-refractivity contribution in [2.75, 3.05) is 13.1 Å². The molecule has 1 aromatic carbocycles. The van der Waals surface area contributed by atoms with E-state index in [1.54, 1.807) is 18.7 Å². The van der Waals surface area contributed by atoms with Gasteiger partial charge < -0.3 is 9.47 Å². The van der Waals surface area contributed by atoms with Crippen LogP contribution in [0.4, 0.5) is 0 Å². The summed E-state index contributed by atoms with van der Waals surface area (Å²) in [5.41, 5.74) is 5.82. The first-order chi connectivity index (χ1) is 17.5. The fourth-order valence-electron chi connectivity index (χ4n) is 4.91. The van der Waals surface area contributed by atoms with Crippen LogP contribution in [0.5, 0.6) is 0 Å². The van der Waals surface area contributed by atoms with Crippen molar-refractivity contribution < 1.29 is 4.79 Å². The first-order valence-electron chi connectivity index (χ1n) is 13.1. The monoisotopic (exact) mass is 515 g/mol. The Labute approximate surface area is 223 Å². The number of aromatic nitrogens is 4. The Bertz CT molecular complexity index is 1380. The Hall–Kier alpha value is -3.06. The Morgan fingerprint density at radius 3 is 2.30 bits per heavy atom. The molecule has 0 unspecified atom stereocenters. The van der Waals surface area contributed by atoms with Gasteiger partial charge in [-0.25, -0.2) is 9.97 Å². The lowest BCUT2D eigenvalue weighted by Gasteiger charge is -2.31. The van der Waals surface area contributed by atoms with E-state index < -0.39 is 0 Å². The molecule has 194 valence electrons. The molecule has 1 fully saturated rings. The van der Waals surface area contributed by atoms with Crippen molar-refractivity contribution in [3.63, 3.8) is 0 Å². The molecule has 3 aromatic heterocycles. The Morgan fingerprint density at radius 1 is 0.973 bits per heavy atom. The molecule has 0 atom stereocenters. The summed E-state index contributed by atoms with van der Waals surface area (Å²) in [5.74, 6) is 0.585. The summed E-state index contributed by atoms with van der Waals surface area (Å²) >= 11 is 1.81. The van der Waals surface area contributed by atoms with E-state index in [4.69, 9.17) is 4.98 Å². The number of rotatable bonds is 4. The third-order valence-electron chi connectivity index (χ3n) is 7.41. The maximum absolute atomic E-state index is 13.0. The van der Waals surface area contributed by atoms with Crippen LogP contribution in [0, 0.1) is 0 Å². The number of likely N-dealkylation sites (tertiary alicyclic amines) is 1. The molecule has 6 nitrogen and oxygen atoms in total.